The highest BCUT2D eigenvalue weighted by Crippen LogP contribution is 2.32. The van der Waals surface area contributed by atoms with Crippen molar-refractivity contribution < 1.29 is 9.18 Å². The molecule has 1 atom stereocenters. The van der Waals surface area contributed by atoms with Gasteiger partial charge in [0, 0.05) is 17.5 Å². The van der Waals surface area contributed by atoms with Gasteiger partial charge in [0.1, 0.15) is 5.82 Å². The quantitative estimate of drug-likeness (QED) is 0.915. The first kappa shape index (κ1) is 14.2. The Morgan fingerprint density at radius 1 is 1.38 bits per heavy atom. The predicted molar refractivity (Wildman–Crippen MR) is 83.2 cm³/mol. The number of carbonyl (C=O) groups excluding carboxylic acids is 1. The van der Waals surface area contributed by atoms with E-state index in [2.05, 4.69) is 10.6 Å². The molecule has 1 fully saturated rings. The molecule has 5 heteroatoms. The largest absolute Gasteiger partial charge is 0.347 e. The van der Waals surface area contributed by atoms with E-state index < -0.39 is 0 Å². The van der Waals surface area contributed by atoms with Crippen molar-refractivity contribution >= 4 is 17.2 Å². The number of halogens is 1. The first-order valence-corrected chi connectivity index (χ1v) is 7.83. The minimum absolute atomic E-state index is 0.0230. The average molecular weight is 304 g/mol. The van der Waals surface area contributed by atoms with E-state index in [1.54, 1.807) is 12.1 Å². The van der Waals surface area contributed by atoms with Gasteiger partial charge in [0.25, 0.3) is 5.91 Å². The lowest BCUT2D eigenvalue weighted by molar-refractivity contribution is 0.0944. The molecule has 1 amide bonds. The number of benzene rings is 1. The van der Waals surface area contributed by atoms with Crippen molar-refractivity contribution in [3.05, 3.63) is 46.6 Å². The van der Waals surface area contributed by atoms with Gasteiger partial charge in [0.05, 0.1) is 4.88 Å². The molecular formula is C16H17FN2OS. The first-order valence-electron chi connectivity index (χ1n) is 7.01. The van der Waals surface area contributed by atoms with Gasteiger partial charge in [0.2, 0.25) is 0 Å². The van der Waals surface area contributed by atoms with Crippen LogP contribution in [0.4, 0.5) is 4.39 Å². The van der Waals surface area contributed by atoms with E-state index in [9.17, 15) is 9.18 Å². The summed E-state index contributed by atoms with van der Waals surface area (Å²) in [6.07, 6.45) is 0.973. The van der Waals surface area contributed by atoms with Crippen molar-refractivity contribution in [2.45, 2.75) is 19.4 Å². The molecule has 1 aliphatic rings. The molecular weight excluding hydrogens is 287 g/mol. The van der Waals surface area contributed by atoms with E-state index in [0.717, 1.165) is 35.5 Å². The molecule has 0 spiro atoms. The van der Waals surface area contributed by atoms with Crippen molar-refractivity contribution in [1.82, 2.24) is 10.6 Å². The fraction of sp³-hybridized carbons (Fsp3) is 0.312. The number of hydrogen-bond acceptors (Lipinski definition) is 3. The van der Waals surface area contributed by atoms with Crippen LogP contribution in [-0.4, -0.2) is 25.0 Å². The SMILES string of the molecule is Cc1cc(C(=O)NC2CCNC2)sc1-c1ccc(F)cc1. The third-order valence-electron chi connectivity index (χ3n) is 3.64. The van der Waals surface area contributed by atoms with Crippen LogP contribution in [0.25, 0.3) is 10.4 Å². The molecule has 1 aromatic heterocycles. The summed E-state index contributed by atoms with van der Waals surface area (Å²) in [5, 5.41) is 6.28. The summed E-state index contributed by atoms with van der Waals surface area (Å²) < 4.78 is 13.0. The minimum atomic E-state index is -0.250. The van der Waals surface area contributed by atoms with Crippen molar-refractivity contribution in [3.63, 3.8) is 0 Å². The number of hydrogen-bond donors (Lipinski definition) is 2. The molecule has 1 aromatic carbocycles. The van der Waals surface area contributed by atoms with Crippen LogP contribution in [0.2, 0.25) is 0 Å². The van der Waals surface area contributed by atoms with E-state index in [-0.39, 0.29) is 17.8 Å². The molecule has 3 nitrogen and oxygen atoms in total. The van der Waals surface area contributed by atoms with E-state index >= 15 is 0 Å². The highest BCUT2D eigenvalue weighted by Gasteiger charge is 2.19. The summed E-state index contributed by atoms with van der Waals surface area (Å²) in [5.74, 6) is -0.273. The topological polar surface area (TPSA) is 41.1 Å². The highest BCUT2D eigenvalue weighted by molar-refractivity contribution is 7.17. The lowest BCUT2D eigenvalue weighted by Gasteiger charge is -2.09. The Labute approximate surface area is 127 Å². The van der Waals surface area contributed by atoms with Gasteiger partial charge in [-0.2, -0.15) is 0 Å². The van der Waals surface area contributed by atoms with Gasteiger partial charge in [-0.1, -0.05) is 12.1 Å². The van der Waals surface area contributed by atoms with E-state index in [4.69, 9.17) is 0 Å². The maximum absolute atomic E-state index is 13.0. The Balaban J connectivity index is 1.80. The maximum Gasteiger partial charge on any atom is 0.261 e. The normalized spacial score (nSPS) is 17.9. The van der Waals surface area contributed by atoms with Crippen molar-refractivity contribution in [1.29, 1.82) is 0 Å². The number of carbonyl (C=O) groups is 1. The number of amides is 1. The van der Waals surface area contributed by atoms with Crippen LogP contribution in [0.1, 0.15) is 21.7 Å². The third kappa shape index (κ3) is 3.14. The Kier molecular flexibility index (Phi) is 4.03. The summed E-state index contributed by atoms with van der Waals surface area (Å²) in [5.41, 5.74) is 1.99. The van der Waals surface area contributed by atoms with Crippen molar-refractivity contribution in [3.8, 4) is 10.4 Å². The molecule has 1 saturated heterocycles. The van der Waals surface area contributed by atoms with E-state index in [1.807, 2.05) is 13.0 Å². The van der Waals surface area contributed by atoms with Crippen LogP contribution in [0.5, 0.6) is 0 Å². The van der Waals surface area contributed by atoms with Gasteiger partial charge in [-0.3, -0.25) is 4.79 Å². The first-order chi connectivity index (χ1) is 10.1. The zero-order chi connectivity index (χ0) is 14.8. The van der Waals surface area contributed by atoms with E-state index in [1.165, 1.54) is 23.5 Å². The Morgan fingerprint density at radius 2 is 2.14 bits per heavy atom. The summed E-state index contributed by atoms with van der Waals surface area (Å²) >= 11 is 1.46. The zero-order valence-electron chi connectivity index (χ0n) is 11.8. The molecule has 1 unspecified atom stereocenters. The molecule has 3 rings (SSSR count). The van der Waals surface area contributed by atoms with Gasteiger partial charge in [-0.25, -0.2) is 4.39 Å². The second-order valence-corrected chi connectivity index (χ2v) is 6.35. The molecule has 2 N–H and O–H groups in total. The van der Waals surface area contributed by atoms with Crippen molar-refractivity contribution in [2.24, 2.45) is 0 Å². The standard InChI is InChI=1S/C16H17FN2OS/c1-10-8-14(16(20)19-13-6-7-18-9-13)21-15(10)11-2-4-12(17)5-3-11/h2-5,8,13,18H,6-7,9H2,1H3,(H,19,20). The van der Waals surface area contributed by atoms with Crippen LogP contribution < -0.4 is 10.6 Å². The van der Waals surface area contributed by atoms with Crippen LogP contribution in [0, 0.1) is 12.7 Å². The molecule has 1 aliphatic heterocycles. The third-order valence-corrected chi connectivity index (χ3v) is 4.93. The summed E-state index contributed by atoms with van der Waals surface area (Å²) in [7, 11) is 0. The molecule has 0 bridgehead atoms. The van der Waals surface area contributed by atoms with Gasteiger partial charge in [-0.05, 0) is 49.2 Å². The number of aryl methyl sites for hydroxylation is 1. The van der Waals surface area contributed by atoms with Crippen LogP contribution in [-0.2, 0) is 0 Å². The van der Waals surface area contributed by atoms with Gasteiger partial charge in [0.15, 0.2) is 0 Å². The lowest BCUT2D eigenvalue weighted by Crippen LogP contribution is -2.35. The van der Waals surface area contributed by atoms with Crippen molar-refractivity contribution in [2.75, 3.05) is 13.1 Å². The Morgan fingerprint density at radius 3 is 2.81 bits per heavy atom. The average Bonchev–Trinajstić information content (AvgIpc) is 3.09. The van der Waals surface area contributed by atoms with E-state index in [0.29, 0.717) is 4.88 Å². The molecule has 110 valence electrons. The van der Waals surface area contributed by atoms with Gasteiger partial charge < -0.3 is 10.6 Å². The van der Waals surface area contributed by atoms with Crippen LogP contribution >= 0.6 is 11.3 Å². The van der Waals surface area contributed by atoms with Crippen LogP contribution in [0.3, 0.4) is 0 Å². The molecule has 2 aromatic rings. The summed E-state index contributed by atoms with van der Waals surface area (Å²) in [6, 6.07) is 8.50. The molecule has 21 heavy (non-hydrogen) atoms. The molecule has 0 radical (unpaired) electrons. The maximum atomic E-state index is 13.0. The fourth-order valence-electron chi connectivity index (χ4n) is 2.52. The predicted octanol–water partition coefficient (Wildman–Crippen LogP) is 2.95. The molecule has 2 heterocycles. The molecule has 0 saturated carbocycles. The summed E-state index contributed by atoms with van der Waals surface area (Å²) in [6.45, 7) is 3.76. The van der Waals surface area contributed by atoms with Gasteiger partial charge in [-0.15, -0.1) is 11.3 Å². The molecule has 0 aliphatic carbocycles. The number of thiophene rings is 1. The fourth-order valence-corrected chi connectivity index (χ4v) is 3.60. The van der Waals surface area contributed by atoms with Crippen LogP contribution in [0.15, 0.2) is 30.3 Å². The minimum Gasteiger partial charge on any atom is -0.347 e. The Hall–Kier alpha value is -1.72. The highest BCUT2D eigenvalue weighted by atomic mass is 32.1. The Bertz CT molecular complexity index is 645. The second-order valence-electron chi connectivity index (χ2n) is 5.29. The van der Waals surface area contributed by atoms with Gasteiger partial charge >= 0.3 is 0 Å². The number of rotatable bonds is 3. The summed E-state index contributed by atoms with van der Waals surface area (Å²) in [4.78, 5) is 14.0. The monoisotopic (exact) mass is 304 g/mol. The zero-order valence-corrected chi connectivity index (χ0v) is 12.6. The lowest BCUT2D eigenvalue weighted by atomic mass is 10.1. The second kappa shape index (κ2) is 5.95. The smallest absolute Gasteiger partial charge is 0.261 e. The number of nitrogens with one attached hydrogen (secondary N) is 2.